The Hall–Kier alpha value is -2.40. The van der Waals surface area contributed by atoms with Crippen LogP contribution >= 0.6 is 0 Å². The molecule has 2 atom stereocenters. The lowest BCUT2D eigenvalue weighted by Crippen LogP contribution is -2.29. The van der Waals surface area contributed by atoms with Crippen LogP contribution < -0.4 is 10.1 Å². The molecule has 0 radical (unpaired) electrons. The third-order valence-corrected chi connectivity index (χ3v) is 3.34. The summed E-state index contributed by atoms with van der Waals surface area (Å²) in [7, 11) is 0. The number of aliphatic hydroxyl groups is 1. The van der Waals surface area contributed by atoms with E-state index in [2.05, 4.69) is 10.3 Å². The lowest BCUT2D eigenvalue weighted by atomic mass is 10.0. The van der Waals surface area contributed by atoms with E-state index in [0.717, 1.165) is 0 Å². The Morgan fingerprint density at radius 1 is 1.22 bits per heavy atom. The van der Waals surface area contributed by atoms with Crippen LogP contribution in [0, 0.1) is 5.92 Å². The first-order chi connectivity index (χ1) is 11.0. The maximum Gasteiger partial charge on any atom is 0.251 e. The van der Waals surface area contributed by atoms with Crippen LogP contribution in [0.1, 0.15) is 30.6 Å². The fraction of sp³-hybridized carbons (Fsp3) is 0.333. The van der Waals surface area contributed by atoms with Gasteiger partial charge in [-0.05, 0) is 55.7 Å². The second kappa shape index (κ2) is 8.29. The number of amides is 1. The molecular formula is C18H22N2O3. The van der Waals surface area contributed by atoms with Crippen molar-refractivity contribution in [1.82, 2.24) is 10.3 Å². The van der Waals surface area contributed by atoms with Crippen molar-refractivity contribution in [1.29, 1.82) is 0 Å². The minimum Gasteiger partial charge on any atom is -0.456 e. The molecule has 2 unspecified atom stereocenters. The lowest BCUT2D eigenvalue weighted by molar-refractivity contribution is 0.0939. The number of hydrogen-bond acceptors (Lipinski definition) is 4. The van der Waals surface area contributed by atoms with Crippen molar-refractivity contribution in [2.45, 2.75) is 26.4 Å². The number of nitrogens with zero attached hydrogens (tertiary/aromatic N) is 1. The number of nitrogens with one attached hydrogen (secondary N) is 1. The van der Waals surface area contributed by atoms with E-state index in [4.69, 9.17) is 4.74 Å². The van der Waals surface area contributed by atoms with Gasteiger partial charge in [-0.3, -0.25) is 9.78 Å². The van der Waals surface area contributed by atoms with Crippen LogP contribution in [0.4, 0.5) is 0 Å². The molecule has 0 aliphatic carbocycles. The number of ether oxygens (including phenoxy) is 1. The van der Waals surface area contributed by atoms with Gasteiger partial charge >= 0.3 is 0 Å². The molecule has 0 aliphatic rings. The van der Waals surface area contributed by atoms with Crippen molar-refractivity contribution in [2.24, 2.45) is 5.92 Å². The molecule has 2 N–H and O–H groups in total. The normalized spacial score (nSPS) is 13.2. The molecule has 0 fully saturated rings. The van der Waals surface area contributed by atoms with Crippen molar-refractivity contribution < 1.29 is 14.6 Å². The van der Waals surface area contributed by atoms with Crippen LogP contribution in [-0.2, 0) is 0 Å². The van der Waals surface area contributed by atoms with Gasteiger partial charge in [-0.15, -0.1) is 0 Å². The molecule has 2 aromatic rings. The fourth-order valence-corrected chi connectivity index (χ4v) is 2.25. The summed E-state index contributed by atoms with van der Waals surface area (Å²) >= 11 is 0. The zero-order valence-corrected chi connectivity index (χ0v) is 13.4. The highest BCUT2D eigenvalue weighted by atomic mass is 16.5. The zero-order valence-electron chi connectivity index (χ0n) is 13.4. The van der Waals surface area contributed by atoms with E-state index < -0.39 is 0 Å². The number of pyridine rings is 1. The number of aliphatic hydroxyl groups excluding tert-OH is 1. The molecule has 1 heterocycles. The van der Waals surface area contributed by atoms with Crippen molar-refractivity contribution in [2.75, 3.05) is 6.54 Å². The number of hydrogen-bond donors (Lipinski definition) is 2. The summed E-state index contributed by atoms with van der Waals surface area (Å²) in [5, 5.41) is 12.2. The molecule has 0 spiro atoms. The topological polar surface area (TPSA) is 71.5 Å². The SMILES string of the molecule is CC(O)CC(C)CNC(=O)c1ccc(Oc2cccnc2)cc1. The number of carbonyl (C=O) groups is 1. The van der Waals surface area contributed by atoms with E-state index in [1.165, 1.54) is 0 Å². The first kappa shape index (κ1) is 17.0. The number of benzene rings is 1. The Morgan fingerprint density at radius 2 is 1.96 bits per heavy atom. The third-order valence-electron chi connectivity index (χ3n) is 3.34. The van der Waals surface area contributed by atoms with E-state index >= 15 is 0 Å². The Balaban J connectivity index is 1.87. The first-order valence-corrected chi connectivity index (χ1v) is 7.69. The van der Waals surface area contributed by atoms with Gasteiger partial charge in [0.2, 0.25) is 0 Å². The zero-order chi connectivity index (χ0) is 16.7. The van der Waals surface area contributed by atoms with Gasteiger partial charge in [0.05, 0.1) is 12.3 Å². The molecule has 0 saturated heterocycles. The average Bonchev–Trinajstić information content (AvgIpc) is 2.54. The van der Waals surface area contributed by atoms with E-state index in [-0.39, 0.29) is 17.9 Å². The van der Waals surface area contributed by atoms with Gasteiger partial charge in [0.1, 0.15) is 11.5 Å². The summed E-state index contributed by atoms with van der Waals surface area (Å²) in [5.74, 6) is 1.40. The van der Waals surface area contributed by atoms with Crippen LogP contribution in [-0.4, -0.2) is 28.6 Å². The minimum atomic E-state index is -0.356. The summed E-state index contributed by atoms with van der Waals surface area (Å²) in [6.45, 7) is 4.29. The van der Waals surface area contributed by atoms with Gasteiger partial charge < -0.3 is 15.2 Å². The molecule has 0 saturated carbocycles. The maximum absolute atomic E-state index is 12.1. The van der Waals surface area contributed by atoms with Crippen molar-refractivity contribution in [3.8, 4) is 11.5 Å². The molecule has 0 aliphatic heterocycles. The van der Waals surface area contributed by atoms with Gasteiger partial charge in [0.15, 0.2) is 0 Å². The molecule has 5 heteroatoms. The highest BCUT2D eigenvalue weighted by molar-refractivity contribution is 5.94. The van der Waals surface area contributed by atoms with Gasteiger partial charge in [0.25, 0.3) is 5.91 Å². The number of rotatable bonds is 7. The summed E-state index contributed by atoms with van der Waals surface area (Å²) in [5.41, 5.74) is 0.577. The molecule has 2 rings (SSSR count). The van der Waals surface area contributed by atoms with Crippen LogP contribution in [0.3, 0.4) is 0 Å². The van der Waals surface area contributed by atoms with E-state index in [1.54, 1.807) is 49.6 Å². The highest BCUT2D eigenvalue weighted by Gasteiger charge is 2.10. The Morgan fingerprint density at radius 3 is 2.57 bits per heavy atom. The van der Waals surface area contributed by atoms with Crippen LogP contribution in [0.25, 0.3) is 0 Å². The molecular weight excluding hydrogens is 292 g/mol. The molecule has 1 aromatic heterocycles. The first-order valence-electron chi connectivity index (χ1n) is 7.69. The Labute approximate surface area is 136 Å². The van der Waals surface area contributed by atoms with Gasteiger partial charge in [-0.2, -0.15) is 0 Å². The maximum atomic E-state index is 12.1. The predicted molar refractivity (Wildman–Crippen MR) is 88.5 cm³/mol. The van der Waals surface area contributed by atoms with Crippen molar-refractivity contribution >= 4 is 5.91 Å². The average molecular weight is 314 g/mol. The largest absolute Gasteiger partial charge is 0.456 e. The second-order valence-corrected chi connectivity index (χ2v) is 5.72. The molecule has 122 valence electrons. The Kier molecular flexibility index (Phi) is 6.11. The third kappa shape index (κ3) is 5.71. The van der Waals surface area contributed by atoms with Gasteiger partial charge in [-0.1, -0.05) is 6.92 Å². The summed E-state index contributed by atoms with van der Waals surface area (Å²) in [4.78, 5) is 16.1. The molecule has 0 bridgehead atoms. The standard InChI is InChI=1S/C18H22N2O3/c1-13(10-14(2)21)11-20-18(22)15-5-7-16(8-6-15)23-17-4-3-9-19-12-17/h3-9,12-14,21H,10-11H2,1-2H3,(H,20,22). The minimum absolute atomic E-state index is 0.129. The smallest absolute Gasteiger partial charge is 0.251 e. The highest BCUT2D eigenvalue weighted by Crippen LogP contribution is 2.20. The van der Waals surface area contributed by atoms with Crippen molar-refractivity contribution in [3.63, 3.8) is 0 Å². The second-order valence-electron chi connectivity index (χ2n) is 5.72. The molecule has 1 aromatic carbocycles. The number of aromatic nitrogens is 1. The monoisotopic (exact) mass is 314 g/mol. The summed E-state index contributed by atoms with van der Waals surface area (Å²) < 4.78 is 5.63. The summed E-state index contributed by atoms with van der Waals surface area (Å²) in [6, 6.07) is 10.6. The fourth-order valence-electron chi connectivity index (χ4n) is 2.25. The van der Waals surface area contributed by atoms with Gasteiger partial charge in [0, 0.05) is 18.3 Å². The van der Waals surface area contributed by atoms with Crippen LogP contribution in [0.15, 0.2) is 48.8 Å². The summed E-state index contributed by atoms with van der Waals surface area (Å²) in [6.07, 6.45) is 3.62. The molecule has 1 amide bonds. The van der Waals surface area contributed by atoms with Crippen molar-refractivity contribution in [3.05, 3.63) is 54.4 Å². The quantitative estimate of drug-likeness (QED) is 0.824. The Bertz CT molecular complexity index is 612. The van der Waals surface area contributed by atoms with E-state index in [1.807, 2.05) is 13.0 Å². The van der Waals surface area contributed by atoms with E-state index in [9.17, 15) is 9.90 Å². The van der Waals surface area contributed by atoms with Crippen LogP contribution in [0.5, 0.6) is 11.5 Å². The predicted octanol–water partition coefficient (Wildman–Crippen LogP) is 3.01. The van der Waals surface area contributed by atoms with E-state index in [0.29, 0.717) is 30.0 Å². The molecule has 23 heavy (non-hydrogen) atoms. The molecule has 5 nitrogen and oxygen atoms in total. The number of carbonyl (C=O) groups excluding carboxylic acids is 1. The van der Waals surface area contributed by atoms with Gasteiger partial charge in [-0.25, -0.2) is 0 Å². The van der Waals surface area contributed by atoms with Crippen LogP contribution in [0.2, 0.25) is 0 Å². The lowest BCUT2D eigenvalue weighted by Gasteiger charge is -2.14.